The van der Waals surface area contributed by atoms with Crippen molar-refractivity contribution in [1.82, 2.24) is 10.2 Å². The first-order valence-electron chi connectivity index (χ1n) is 9.97. The van der Waals surface area contributed by atoms with E-state index in [1.54, 1.807) is 0 Å². The van der Waals surface area contributed by atoms with E-state index in [4.69, 9.17) is 4.42 Å². The molecule has 0 radical (unpaired) electrons. The molecular weight excluding hydrogens is 336 g/mol. The SMILES string of the molecule is Cc1cc(C)c(C(=O)NCC2CCN(Cc3cc(C)oc3C)CC2)c(C)c1. The van der Waals surface area contributed by atoms with Crippen LogP contribution < -0.4 is 5.32 Å². The zero-order chi connectivity index (χ0) is 19.6. The monoisotopic (exact) mass is 368 g/mol. The smallest absolute Gasteiger partial charge is 0.251 e. The van der Waals surface area contributed by atoms with Crippen molar-refractivity contribution in [1.29, 1.82) is 0 Å². The van der Waals surface area contributed by atoms with E-state index in [1.165, 1.54) is 11.1 Å². The van der Waals surface area contributed by atoms with Crippen molar-refractivity contribution in [2.45, 2.75) is 54.0 Å². The number of benzene rings is 1. The number of carbonyl (C=O) groups excluding carboxylic acids is 1. The van der Waals surface area contributed by atoms with Gasteiger partial charge in [0.2, 0.25) is 0 Å². The molecule has 1 aliphatic heterocycles. The van der Waals surface area contributed by atoms with E-state index in [0.717, 1.165) is 67.2 Å². The lowest BCUT2D eigenvalue weighted by atomic mass is 9.95. The lowest BCUT2D eigenvalue weighted by Crippen LogP contribution is -2.38. The van der Waals surface area contributed by atoms with E-state index in [2.05, 4.69) is 35.3 Å². The number of nitrogens with one attached hydrogen (secondary N) is 1. The molecular formula is C23H32N2O2. The van der Waals surface area contributed by atoms with E-state index in [0.29, 0.717) is 5.92 Å². The van der Waals surface area contributed by atoms with Crippen molar-refractivity contribution in [3.8, 4) is 0 Å². The summed E-state index contributed by atoms with van der Waals surface area (Å²) in [6, 6.07) is 6.31. The standard InChI is InChI=1S/C23H32N2O2/c1-15-10-16(2)22(17(3)11-15)23(26)24-13-20-6-8-25(9-7-20)14-21-12-18(4)27-19(21)5/h10-12,20H,6-9,13-14H2,1-5H3,(H,24,26). The molecule has 2 heterocycles. The molecule has 0 spiro atoms. The summed E-state index contributed by atoms with van der Waals surface area (Å²) in [5.41, 5.74) is 5.46. The summed E-state index contributed by atoms with van der Waals surface area (Å²) in [5, 5.41) is 3.17. The van der Waals surface area contributed by atoms with Crippen LogP contribution in [0.25, 0.3) is 0 Å². The van der Waals surface area contributed by atoms with Gasteiger partial charge < -0.3 is 9.73 Å². The maximum absolute atomic E-state index is 12.7. The fourth-order valence-electron chi connectivity index (χ4n) is 4.29. The van der Waals surface area contributed by atoms with Crippen LogP contribution in [0.2, 0.25) is 0 Å². The number of hydrogen-bond acceptors (Lipinski definition) is 3. The second kappa shape index (κ2) is 8.30. The first-order valence-corrected chi connectivity index (χ1v) is 9.97. The average molecular weight is 369 g/mol. The van der Waals surface area contributed by atoms with Crippen LogP contribution in [-0.2, 0) is 6.54 Å². The number of furan rings is 1. The molecule has 1 aliphatic rings. The Bertz CT molecular complexity index is 791. The van der Waals surface area contributed by atoms with E-state index >= 15 is 0 Å². The molecule has 1 saturated heterocycles. The minimum absolute atomic E-state index is 0.0666. The maximum Gasteiger partial charge on any atom is 0.251 e. The highest BCUT2D eigenvalue weighted by Crippen LogP contribution is 2.22. The second-order valence-corrected chi connectivity index (χ2v) is 8.14. The predicted octanol–water partition coefficient (Wildman–Crippen LogP) is 4.46. The van der Waals surface area contributed by atoms with Gasteiger partial charge >= 0.3 is 0 Å². The number of piperidine rings is 1. The molecule has 146 valence electrons. The number of nitrogens with zero attached hydrogens (tertiary/aromatic N) is 1. The third-order valence-corrected chi connectivity index (χ3v) is 5.70. The van der Waals surface area contributed by atoms with Crippen LogP contribution in [0.4, 0.5) is 0 Å². The van der Waals surface area contributed by atoms with Gasteiger partial charge in [-0.25, -0.2) is 0 Å². The van der Waals surface area contributed by atoms with Gasteiger partial charge in [0.1, 0.15) is 11.5 Å². The molecule has 1 N–H and O–H groups in total. The van der Waals surface area contributed by atoms with Crippen LogP contribution in [0.5, 0.6) is 0 Å². The van der Waals surface area contributed by atoms with Crippen molar-refractivity contribution >= 4 is 5.91 Å². The zero-order valence-corrected chi connectivity index (χ0v) is 17.3. The van der Waals surface area contributed by atoms with Crippen molar-refractivity contribution in [3.05, 3.63) is 57.5 Å². The Morgan fingerprint density at radius 2 is 1.70 bits per heavy atom. The van der Waals surface area contributed by atoms with Gasteiger partial charge in [-0.05, 0) is 83.7 Å². The number of amides is 1. The predicted molar refractivity (Wildman–Crippen MR) is 109 cm³/mol. The Hall–Kier alpha value is -2.07. The normalized spacial score (nSPS) is 15.9. The molecule has 2 aromatic rings. The number of rotatable bonds is 5. The van der Waals surface area contributed by atoms with Gasteiger partial charge in [-0.2, -0.15) is 0 Å². The van der Waals surface area contributed by atoms with Crippen molar-refractivity contribution in [2.75, 3.05) is 19.6 Å². The molecule has 1 aromatic heterocycles. The summed E-state index contributed by atoms with van der Waals surface area (Å²) in [6.07, 6.45) is 2.25. The third kappa shape index (κ3) is 4.81. The minimum Gasteiger partial charge on any atom is -0.466 e. The molecule has 0 bridgehead atoms. The Balaban J connectivity index is 1.48. The lowest BCUT2D eigenvalue weighted by molar-refractivity contribution is 0.0934. The molecule has 0 saturated carbocycles. The van der Waals surface area contributed by atoms with Crippen LogP contribution in [-0.4, -0.2) is 30.4 Å². The second-order valence-electron chi connectivity index (χ2n) is 8.14. The summed E-state index contributed by atoms with van der Waals surface area (Å²) >= 11 is 0. The van der Waals surface area contributed by atoms with Gasteiger partial charge in [0.25, 0.3) is 5.91 Å². The highest BCUT2D eigenvalue weighted by atomic mass is 16.3. The fraction of sp³-hybridized carbons (Fsp3) is 0.522. The van der Waals surface area contributed by atoms with Gasteiger partial charge in [0.05, 0.1) is 0 Å². The molecule has 0 atom stereocenters. The Labute approximate surface area is 162 Å². The fourth-order valence-corrected chi connectivity index (χ4v) is 4.29. The highest BCUT2D eigenvalue weighted by molar-refractivity contribution is 5.97. The van der Waals surface area contributed by atoms with Crippen LogP contribution in [0.3, 0.4) is 0 Å². The quantitative estimate of drug-likeness (QED) is 0.847. The number of carbonyl (C=O) groups is 1. The van der Waals surface area contributed by atoms with Gasteiger partial charge in [0, 0.05) is 24.2 Å². The van der Waals surface area contributed by atoms with Gasteiger partial charge in [-0.15, -0.1) is 0 Å². The highest BCUT2D eigenvalue weighted by Gasteiger charge is 2.21. The van der Waals surface area contributed by atoms with Crippen LogP contribution in [0.15, 0.2) is 22.6 Å². The van der Waals surface area contributed by atoms with Crippen molar-refractivity contribution < 1.29 is 9.21 Å². The third-order valence-electron chi connectivity index (χ3n) is 5.70. The van der Waals surface area contributed by atoms with Gasteiger partial charge in [0.15, 0.2) is 0 Å². The van der Waals surface area contributed by atoms with Crippen LogP contribution in [0.1, 0.15) is 57.0 Å². The number of aryl methyl sites for hydroxylation is 5. The first-order chi connectivity index (χ1) is 12.8. The van der Waals surface area contributed by atoms with E-state index in [9.17, 15) is 4.79 Å². The molecule has 0 unspecified atom stereocenters. The van der Waals surface area contributed by atoms with E-state index < -0.39 is 0 Å². The summed E-state index contributed by atoms with van der Waals surface area (Å²) < 4.78 is 5.64. The van der Waals surface area contributed by atoms with E-state index in [1.807, 2.05) is 27.7 Å². The summed E-state index contributed by atoms with van der Waals surface area (Å²) in [4.78, 5) is 15.1. The summed E-state index contributed by atoms with van der Waals surface area (Å²) in [5.74, 6) is 2.65. The van der Waals surface area contributed by atoms with Gasteiger partial charge in [-0.1, -0.05) is 17.7 Å². The number of likely N-dealkylation sites (tertiary alicyclic amines) is 1. The van der Waals surface area contributed by atoms with Crippen LogP contribution >= 0.6 is 0 Å². The zero-order valence-electron chi connectivity index (χ0n) is 17.3. The molecule has 27 heavy (non-hydrogen) atoms. The first kappa shape index (κ1) is 19.7. The Kier molecular flexibility index (Phi) is 6.05. The lowest BCUT2D eigenvalue weighted by Gasteiger charge is -2.32. The molecule has 1 amide bonds. The molecule has 3 rings (SSSR count). The molecule has 1 fully saturated rings. The number of hydrogen-bond donors (Lipinski definition) is 1. The van der Waals surface area contributed by atoms with Crippen molar-refractivity contribution in [3.63, 3.8) is 0 Å². The average Bonchev–Trinajstić information content (AvgIpc) is 2.90. The summed E-state index contributed by atoms with van der Waals surface area (Å²) in [6.45, 7) is 14.0. The molecule has 1 aromatic carbocycles. The van der Waals surface area contributed by atoms with E-state index in [-0.39, 0.29) is 5.91 Å². The van der Waals surface area contributed by atoms with Crippen LogP contribution in [0, 0.1) is 40.5 Å². The topological polar surface area (TPSA) is 45.5 Å². The largest absolute Gasteiger partial charge is 0.466 e. The molecule has 0 aliphatic carbocycles. The minimum atomic E-state index is 0.0666. The maximum atomic E-state index is 12.7. The summed E-state index contributed by atoms with van der Waals surface area (Å²) in [7, 11) is 0. The molecule has 4 nitrogen and oxygen atoms in total. The molecule has 4 heteroatoms. The van der Waals surface area contributed by atoms with Gasteiger partial charge in [-0.3, -0.25) is 9.69 Å². The Morgan fingerprint density at radius 3 is 2.26 bits per heavy atom. The Morgan fingerprint density at radius 1 is 1.07 bits per heavy atom. The van der Waals surface area contributed by atoms with Crippen molar-refractivity contribution in [2.24, 2.45) is 5.92 Å².